The van der Waals surface area contributed by atoms with Crippen LogP contribution in [0.1, 0.15) is 0 Å². The van der Waals surface area contributed by atoms with Crippen LogP contribution in [0.15, 0.2) is 52.9 Å². The zero-order chi connectivity index (χ0) is 19.8. The predicted molar refractivity (Wildman–Crippen MR) is 115 cm³/mol. The molecule has 0 spiro atoms. The third kappa shape index (κ3) is 6.12. The van der Waals surface area contributed by atoms with E-state index in [1.807, 2.05) is 42.5 Å². The van der Waals surface area contributed by atoms with Gasteiger partial charge in [0.2, 0.25) is 11.8 Å². The smallest absolute Gasteiger partial charge is 0.239 e. The summed E-state index contributed by atoms with van der Waals surface area (Å²) in [5.74, 6) is 0.639. The van der Waals surface area contributed by atoms with E-state index in [1.54, 1.807) is 6.07 Å². The fourth-order valence-corrected chi connectivity index (χ4v) is 4.30. The summed E-state index contributed by atoms with van der Waals surface area (Å²) in [5.41, 5.74) is 1.50. The number of amides is 2. The van der Waals surface area contributed by atoms with Gasteiger partial charge in [0, 0.05) is 5.69 Å². The number of aromatic nitrogens is 1. The number of thiazole rings is 1. The molecule has 0 unspecified atom stereocenters. The van der Waals surface area contributed by atoms with Gasteiger partial charge in [-0.3, -0.25) is 9.59 Å². The number of fused-ring (bicyclic) bond motifs is 1. The zero-order valence-corrected chi connectivity index (χ0v) is 17.2. The first-order valence-corrected chi connectivity index (χ1v) is 10.8. The molecule has 0 fully saturated rings. The molecule has 0 atom stereocenters. The van der Waals surface area contributed by atoms with E-state index in [0.717, 1.165) is 20.3 Å². The Bertz CT molecular complexity index is 950. The number of thioether (sulfide) groups is 1. The summed E-state index contributed by atoms with van der Waals surface area (Å²) in [6.07, 6.45) is 0. The number of anilines is 1. The van der Waals surface area contributed by atoms with Crippen LogP contribution in [0.5, 0.6) is 5.75 Å². The number of hydrogen-bond donors (Lipinski definition) is 2. The lowest BCUT2D eigenvalue weighted by atomic mass is 10.3. The van der Waals surface area contributed by atoms with Crippen molar-refractivity contribution < 1.29 is 14.3 Å². The molecule has 2 aromatic carbocycles. The number of hydrogen-bond acceptors (Lipinski definition) is 6. The maximum absolute atomic E-state index is 12.0. The highest BCUT2D eigenvalue weighted by atomic mass is 35.5. The molecule has 0 saturated carbocycles. The molecule has 3 aromatic rings. The summed E-state index contributed by atoms with van der Waals surface area (Å²) in [4.78, 5) is 27.9. The molecule has 2 N–H and O–H groups in total. The van der Waals surface area contributed by atoms with E-state index in [4.69, 9.17) is 16.3 Å². The summed E-state index contributed by atoms with van der Waals surface area (Å²) >= 11 is 8.36. The van der Waals surface area contributed by atoms with E-state index in [1.165, 1.54) is 23.1 Å². The van der Waals surface area contributed by atoms with Crippen LogP contribution in [0.4, 0.5) is 5.69 Å². The lowest BCUT2D eigenvalue weighted by Gasteiger charge is -2.07. The zero-order valence-electron chi connectivity index (χ0n) is 14.8. The Morgan fingerprint density at radius 2 is 1.96 bits per heavy atom. The normalized spacial score (nSPS) is 10.6. The van der Waals surface area contributed by atoms with Crippen molar-refractivity contribution in [1.82, 2.24) is 10.3 Å². The molecule has 1 aromatic heterocycles. The quantitative estimate of drug-likeness (QED) is 0.304. The van der Waals surface area contributed by atoms with Gasteiger partial charge in [-0.15, -0.1) is 22.9 Å². The van der Waals surface area contributed by atoms with Gasteiger partial charge < -0.3 is 15.4 Å². The number of nitrogens with one attached hydrogen (secondary N) is 2. The number of benzene rings is 2. The molecule has 0 saturated heterocycles. The standard InChI is InChI=1S/C19H18ClN3O3S2/c20-11-17(24)22-13-6-7-15-16(10-13)28-19(23-15)27-12-18(25)21-8-9-26-14-4-2-1-3-5-14/h1-7,10H,8-9,11-12H2,(H,21,25)(H,22,24). The first kappa shape index (κ1) is 20.4. The van der Waals surface area contributed by atoms with E-state index >= 15 is 0 Å². The summed E-state index contributed by atoms with van der Waals surface area (Å²) in [5, 5.41) is 5.54. The van der Waals surface area contributed by atoms with Gasteiger partial charge in [-0.1, -0.05) is 30.0 Å². The highest BCUT2D eigenvalue weighted by molar-refractivity contribution is 8.01. The predicted octanol–water partition coefficient (Wildman–Crippen LogP) is 3.76. The van der Waals surface area contributed by atoms with Crippen molar-refractivity contribution >= 4 is 62.4 Å². The van der Waals surface area contributed by atoms with Gasteiger partial charge in [0.05, 0.1) is 22.5 Å². The maximum Gasteiger partial charge on any atom is 0.239 e. The SMILES string of the molecule is O=C(CSc1nc2ccc(NC(=O)CCl)cc2s1)NCCOc1ccccc1. The second kappa shape index (κ2) is 10.3. The van der Waals surface area contributed by atoms with Gasteiger partial charge in [-0.2, -0.15) is 0 Å². The van der Waals surface area contributed by atoms with Gasteiger partial charge in [0.15, 0.2) is 4.34 Å². The topological polar surface area (TPSA) is 80.3 Å². The number of carbonyl (C=O) groups is 2. The Balaban J connectivity index is 1.44. The first-order valence-electron chi connectivity index (χ1n) is 8.48. The molecule has 0 aliphatic heterocycles. The summed E-state index contributed by atoms with van der Waals surface area (Å²) in [6, 6.07) is 14.9. The highest BCUT2D eigenvalue weighted by Gasteiger charge is 2.09. The number of alkyl halides is 1. The molecule has 2 amide bonds. The fourth-order valence-electron chi connectivity index (χ4n) is 2.29. The minimum absolute atomic E-state index is 0.0732. The van der Waals surface area contributed by atoms with E-state index in [2.05, 4.69) is 15.6 Å². The molecule has 0 bridgehead atoms. The van der Waals surface area contributed by atoms with Crippen LogP contribution in [0.3, 0.4) is 0 Å². The van der Waals surface area contributed by atoms with E-state index < -0.39 is 0 Å². The van der Waals surface area contributed by atoms with Crippen molar-refractivity contribution in [2.75, 3.05) is 30.1 Å². The van der Waals surface area contributed by atoms with Crippen molar-refractivity contribution in [3.63, 3.8) is 0 Å². The number of ether oxygens (including phenoxy) is 1. The van der Waals surface area contributed by atoms with E-state index in [-0.39, 0.29) is 23.4 Å². The van der Waals surface area contributed by atoms with E-state index in [0.29, 0.717) is 18.8 Å². The van der Waals surface area contributed by atoms with Crippen molar-refractivity contribution in [2.45, 2.75) is 4.34 Å². The van der Waals surface area contributed by atoms with Crippen LogP contribution >= 0.6 is 34.7 Å². The Labute approximate surface area is 175 Å². The number of rotatable bonds is 9. The van der Waals surface area contributed by atoms with E-state index in [9.17, 15) is 9.59 Å². The molecule has 3 rings (SSSR count). The average Bonchev–Trinajstić information content (AvgIpc) is 3.12. The lowest BCUT2D eigenvalue weighted by molar-refractivity contribution is -0.118. The fraction of sp³-hybridized carbons (Fsp3) is 0.211. The number of carbonyl (C=O) groups excluding carboxylic acids is 2. The highest BCUT2D eigenvalue weighted by Crippen LogP contribution is 2.31. The Morgan fingerprint density at radius 3 is 2.75 bits per heavy atom. The van der Waals surface area contributed by atoms with Gasteiger partial charge in [-0.05, 0) is 30.3 Å². The Morgan fingerprint density at radius 1 is 1.14 bits per heavy atom. The van der Waals surface area contributed by atoms with Crippen LogP contribution in [0.2, 0.25) is 0 Å². The molecule has 0 radical (unpaired) electrons. The molecule has 9 heteroatoms. The Kier molecular flexibility index (Phi) is 7.53. The van der Waals surface area contributed by atoms with Gasteiger partial charge >= 0.3 is 0 Å². The summed E-state index contributed by atoms with van der Waals surface area (Å²) < 4.78 is 7.27. The molecular weight excluding hydrogens is 418 g/mol. The van der Waals surface area contributed by atoms with Crippen LogP contribution in [0, 0.1) is 0 Å². The molecule has 0 aliphatic carbocycles. The second-order valence-corrected chi connectivity index (χ2v) is 8.16. The van der Waals surface area contributed by atoms with Gasteiger partial charge in [0.1, 0.15) is 18.2 Å². The van der Waals surface area contributed by atoms with Crippen molar-refractivity contribution in [1.29, 1.82) is 0 Å². The van der Waals surface area contributed by atoms with Crippen LogP contribution in [-0.2, 0) is 9.59 Å². The lowest BCUT2D eigenvalue weighted by Crippen LogP contribution is -2.29. The number of para-hydroxylation sites is 1. The third-order valence-electron chi connectivity index (χ3n) is 3.54. The minimum Gasteiger partial charge on any atom is -0.492 e. The second-order valence-electron chi connectivity index (χ2n) is 5.64. The van der Waals surface area contributed by atoms with Gasteiger partial charge in [-0.25, -0.2) is 4.98 Å². The Hall–Kier alpha value is -2.29. The number of halogens is 1. The molecule has 1 heterocycles. The molecular formula is C19H18ClN3O3S2. The van der Waals surface area contributed by atoms with Crippen LogP contribution in [0.25, 0.3) is 10.2 Å². The maximum atomic E-state index is 12.0. The molecule has 6 nitrogen and oxygen atoms in total. The monoisotopic (exact) mass is 435 g/mol. The van der Waals surface area contributed by atoms with Crippen LogP contribution in [-0.4, -0.2) is 41.6 Å². The van der Waals surface area contributed by atoms with Crippen molar-refractivity contribution in [2.24, 2.45) is 0 Å². The molecule has 146 valence electrons. The average molecular weight is 436 g/mol. The van der Waals surface area contributed by atoms with Crippen LogP contribution < -0.4 is 15.4 Å². The molecule has 0 aliphatic rings. The summed E-state index contributed by atoms with van der Waals surface area (Å²) in [6.45, 7) is 0.857. The first-order chi connectivity index (χ1) is 13.6. The third-order valence-corrected chi connectivity index (χ3v) is 5.94. The summed E-state index contributed by atoms with van der Waals surface area (Å²) in [7, 11) is 0. The van der Waals surface area contributed by atoms with Crippen molar-refractivity contribution in [3.05, 3.63) is 48.5 Å². The molecule has 28 heavy (non-hydrogen) atoms. The number of nitrogens with zero attached hydrogens (tertiary/aromatic N) is 1. The minimum atomic E-state index is -0.256. The largest absolute Gasteiger partial charge is 0.492 e. The van der Waals surface area contributed by atoms with Crippen molar-refractivity contribution in [3.8, 4) is 5.75 Å². The van der Waals surface area contributed by atoms with Gasteiger partial charge in [0.25, 0.3) is 0 Å².